The molecule has 1 amide bonds. The van der Waals surface area contributed by atoms with E-state index >= 15 is 0 Å². The maximum Gasteiger partial charge on any atom is 0.271 e. The Kier molecular flexibility index (Phi) is 7.07. The minimum absolute atomic E-state index is 0.190. The maximum atomic E-state index is 12.5. The Morgan fingerprint density at radius 2 is 1.87 bits per heavy atom. The first-order valence-corrected chi connectivity index (χ1v) is 10.2. The predicted molar refractivity (Wildman–Crippen MR) is 119 cm³/mol. The van der Waals surface area contributed by atoms with Crippen molar-refractivity contribution in [1.29, 1.82) is 0 Å². The summed E-state index contributed by atoms with van der Waals surface area (Å²) < 4.78 is 12.6. The van der Waals surface area contributed by atoms with E-state index in [9.17, 15) is 9.59 Å². The quantitative estimate of drug-likeness (QED) is 0.603. The summed E-state index contributed by atoms with van der Waals surface area (Å²) in [4.78, 5) is 24.8. The van der Waals surface area contributed by atoms with Gasteiger partial charge < -0.3 is 14.8 Å². The molecule has 0 saturated carbocycles. The Bertz CT molecular complexity index is 1120. The van der Waals surface area contributed by atoms with Crippen LogP contribution in [-0.2, 0) is 11.3 Å². The molecule has 1 heterocycles. The molecule has 0 bridgehead atoms. The van der Waals surface area contributed by atoms with Crippen LogP contribution in [0.2, 0.25) is 0 Å². The first-order valence-electron chi connectivity index (χ1n) is 10.2. The first-order chi connectivity index (χ1) is 14.9. The van der Waals surface area contributed by atoms with Crippen molar-refractivity contribution in [2.75, 3.05) is 6.61 Å². The summed E-state index contributed by atoms with van der Waals surface area (Å²) in [5.41, 5.74) is 3.42. The molecule has 162 valence electrons. The van der Waals surface area contributed by atoms with Gasteiger partial charge in [0.25, 0.3) is 11.5 Å². The number of aryl methyl sites for hydroxylation is 2. The molecule has 0 aliphatic heterocycles. The fourth-order valence-corrected chi connectivity index (χ4v) is 3.01. The largest absolute Gasteiger partial charge is 0.494 e. The van der Waals surface area contributed by atoms with Gasteiger partial charge in [0, 0.05) is 24.2 Å². The van der Waals surface area contributed by atoms with E-state index in [0.29, 0.717) is 18.8 Å². The zero-order chi connectivity index (χ0) is 22.4. The van der Waals surface area contributed by atoms with Crippen LogP contribution in [0.25, 0.3) is 5.69 Å². The molecule has 0 unspecified atom stereocenters. The Hall–Kier alpha value is -3.61. The van der Waals surface area contributed by atoms with Crippen molar-refractivity contribution < 1.29 is 14.3 Å². The van der Waals surface area contributed by atoms with Gasteiger partial charge in [-0.25, -0.2) is 0 Å². The van der Waals surface area contributed by atoms with Crippen LogP contribution in [-0.4, -0.2) is 28.4 Å². The van der Waals surface area contributed by atoms with Crippen LogP contribution < -0.4 is 20.3 Å². The lowest BCUT2D eigenvalue weighted by atomic mass is 10.1. The van der Waals surface area contributed by atoms with Crippen molar-refractivity contribution in [2.24, 2.45) is 0 Å². The van der Waals surface area contributed by atoms with Crippen LogP contribution in [0.3, 0.4) is 0 Å². The minimum atomic E-state index is -0.794. The molecule has 0 radical (unpaired) electrons. The average Bonchev–Trinajstić information content (AvgIpc) is 2.76. The van der Waals surface area contributed by atoms with Gasteiger partial charge in [-0.1, -0.05) is 24.3 Å². The van der Waals surface area contributed by atoms with Crippen molar-refractivity contribution in [3.05, 3.63) is 81.6 Å². The van der Waals surface area contributed by atoms with E-state index in [1.165, 1.54) is 16.8 Å². The second-order valence-electron chi connectivity index (χ2n) is 7.21. The van der Waals surface area contributed by atoms with Crippen LogP contribution in [0.1, 0.15) is 30.5 Å². The molecule has 0 aliphatic carbocycles. The highest BCUT2D eigenvalue weighted by Crippen LogP contribution is 2.18. The van der Waals surface area contributed by atoms with Gasteiger partial charge in [0.2, 0.25) is 5.88 Å². The van der Waals surface area contributed by atoms with E-state index < -0.39 is 6.10 Å². The van der Waals surface area contributed by atoms with Crippen LogP contribution in [0.5, 0.6) is 11.6 Å². The lowest BCUT2D eigenvalue weighted by molar-refractivity contribution is -0.127. The maximum absolute atomic E-state index is 12.5. The molecular formula is C24H27N3O4. The van der Waals surface area contributed by atoms with E-state index in [4.69, 9.17) is 9.47 Å². The number of carbonyl (C=O) groups is 1. The standard InChI is InChI=1S/C24H27N3O4/c1-5-30-21-9-7-6-8-19(21)15-25-24(29)18(4)31-22-12-13-23(28)27(26-22)20-11-10-16(2)17(3)14-20/h6-14,18H,5,15H2,1-4H3,(H,25,29)/t18-/m0/s1. The molecule has 31 heavy (non-hydrogen) atoms. The van der Waals surface area contributed by atoms with Gasteiger partial charge in [0.1, 0.15) is 5.75 Å². The van der Waals surface area contributed by atoms with E-state index in [0.717, 1.165) is 22.4 Å². The highest BCUT2D eigenvalue weighted by atomic mass is 16.5. The summed E-state index contributed by atoms with van der Waals surface area (Å²) in [6.07, 6.45) is -0.794. The number of ether oxygens (including phenoxy) is 2. The highest BCUT2D eigenvalue weighted by molar-refractivity contribution is 5.80. The van der Waals surface area contributed by atoms with Gasteiger partial charge in [-0.05, 0) is 57.0 Å². The van der Waals surface area contributed by atoms with Gasteiger partial charge in [0.15, 0.2) is 6.10 Å². The van der Waals surface area contributed by atoms with Gasteiger partial charge in [-0.2, -0.15) is 4.68 Å². The predicted octanol–water partition coefficient (Wildman–Crippen LogP) is 3.33. The third-order valence-corrected chi connectivity index (χ3v) is 4.90. The fourth-order valence-electron chi connectivity index (χ4n) is 3.01. The van der Waals surface area contributed by atoms with Crippen molar-refractivity contribution >= 4 is 5.91 Å². The lowest BCUT2D eigenvalue weighted by Crippen LogP contribution is -2.36. The van der Waals surface area contributed by atoms with E-state index in [1.807, 2.05) is 63.2 Å². The zero-order valence-electron chi connectivity index (χ0n) is 18.2. The Morgan fingerprint density at radius 1 is 1.10 bits per heavy atom. The minimum Gasteiger partial charge on any atom is -0.494 e. The number of rotatable bonds is 8. The van der Waals surface area contributed by atoms with Crippen LogP contribution in [0, 0.1) is 13.8 Å². The van der Waals surface area contributed by atoms with Gasteiger partial charge >= 0.3 is 0 Å². The molecule has 1 aromatic heterocycles. The fraction of sp³-hybridized carbons (Fsp3) is 0.292. The number of amides is 1. The second kappa shape index (κ2) is 9.93. The molecular weight excluding hydrogens is 394 g/mol. The SMILES string of the molecule is CCOc1ccccc1CNC(=O)[C@H](C)Oc1ccc(=O)n(-c2ccc(C)c(C)c2)n1. The monoisotopic (exact) mass is 421 g/mol. The Labute approximate surface area is 181 Å². The smallest absolute Gasteiger partial charge is 0.271 e. The average molecular weight is 421 g/mol. The molecule has 0 fully saturated rings. The molecule has 1 atom stereocenters. The number of para-hydroxylation sites is 1. The van der Waals surface area contributed by atoms with Crippen molar-refractivity contribution in [1.82, 2.24) is 15.1 Å². The van der Waals surface area contributed by atoms with E-state index in [-0.39, 0.29) is 17.3 Å². The third kappa shape index (κ3) is 5.51. The number of benzene rings is 2. The van der Waals surface area contributed by atoms with Crippen molar-refractivity contribution in [2.45, 2.75) is 40.3 Å². The summed E-state index contributed by atoms with van der Waals surface area (Å²) in [7, 11) is 0. The molecule has 0 aliphatic rings. The molecule has 0 spiro atoms. The Morgan fingerprint density at radius 3 is 2.61 bits per heavy atom. The van der Waals surface area contributed by atoms with E-state index in [1.54, 1.807) is 6.92 Å². The summed E-state index contributed by atoms with van der Waals surface area (Å²) in [5.74, 6) is 0.633. The van der Waals surface area contributed by atoms with Crippen LogP contribution >= 0.6 is 0 Å². The number of carbonyl (C=O) groups excluding carboxylic acids is 1. The number of hydrogen-bond donors (Lipinski definition) is 1. The number of nitrogens with one attached hydrogen (secondary N) is 1. The lowest BCUT2D eigenvalue weighted by Gasteiger charge is -2.16. The normalized spacial score (nSPS) is 11.6. The molecule has 7 heteroatoms. The van der Waals surface area contributed by atoms with Crippen LogP contribution in [0.15, 0.2) is 59.4 Å². The van der Waals surface area contributed by atoms with E-state index in [2.05, 4.69) is 10.4 Å². The molecule has 0 saturated heterocycles. The molecule has 1 N–H and O–H groups in total. The van der Waals surface area contributed by atoms with Crippen LogP contribution in [0.4, 0.5) is 0 Å². The Balaban J connectivity index is 1.69. The molecule has 3 aromatic rings. The topological polar surface area (TPSA) is 82.5 Å². The summed E-state index contributed by atoms with van der Waals surface area (Å²) >= 11 is 0. The molecule has 2 aromatic carbocycles. The number of aromatic nitrogens is 2. The van der Waals surface area contributed by atoms with Gasteiger partial charge in [0.05, 0.1) is 12.3 Å². The molecule has 7 nitrogen and oxygen atoms in total. The third-order valence-electron chi connectivity index (χ3n) is 4.90. The zero-order valence-corrected chi connectivity index (χ0v) is 18.2. The molecule has 3 rings (SSSR count). The van der Waals surface area contributed by atoms with Gasteiger partial charge in [-0.3, -0.25) is 9.59 Å². The first kappa shape index (κ1) is 22.1. The van der Waals surface area contributed by atoms with Crippen molar-refractivity contribution in [3.63, 3.8) is 0 Å². The second-order valence-corrected chi connectivity index (χ2v) is 7.21. The number of hydrogen-bond acceptors (Lipinski definition) is 5. The summed E-state index contributed by atoms with van der Waals surface area (Å²) in [5, 5.41) is 7.12. The van der Waals surface area contributed by atoms with Gasteiger partial charge in [-0.15, -0.1) is 5.10 Å². The van der Waals surface area contributed by atoms with Crippen molar-refractivity contribution in [3.8, 4) is 17.3 Å². The summed E-state index contributed by atoms with van der Waals surface area (Å²) in [6.45, 7) is 8.39. The highest BCUT2D eigenvalue weighted by Gasteiger charge is 2.17. The number of nitrogens with zero attached hydrogens (tertiary/aromatic N) is 2. The summed E-state index contributed by atoms with van der Waals surface area (Å²) in [6, 6.07) is 16.0.